The number of aromatic amines is 1. The molecule has 10 heteroatoms. The fourth-order valence-corrected chi connectivity index (χ4v) is 5.42. The average molecular weight is 564 g/mol. The molecular formula is C31H30ClN9. The Kier molecular flexibility index (Phi) is 7.54. The van der Waals surface area contributed by atoms with Crippen molar-refractivity contribution in [3.8, 4) is 33.9 Å². The molecule has 1 fully saturated rings. The minimum absolute atomic E-state index is 0. The van der Waals surface area contributed by atoms with Gasteiger partial charge < -0.3 is 0 Å². The normalized spacial score (nSPS) is 14.3. The number of nitrogens with zero attached hydrogens (tertiary/aromatic N) is 8. The van der Waals surface area contributed by atoms with E-state index in [1.165, 1.54) is 5.56 Å². The van der Waals surface area contributed by atoms with Gasteiger partial charge in [-0.1, -0.05) is 60.7 Å². The molecule has 1 saturated heterocycles. The molecule has 0 unspecified atom stereocenters. The topological polar surface area (TPSA) is 101 Å². The molecule has 0 radical (unpaired) electrons. The molecular weight excluding hydrogens is 534 g/mol. The first kappa shape index (κ1) is 26.7. The van der Waals surface area contributed by atoms with Crippen LogP contribution in [-0.2, 0) is 6.54 Å². The summed E-state index contributed by atoms with van der Waals surface area (Å²) in [6, 6.07) is 24.9. The lowest BCUT2D eigenvalue weighted by Gasteiger charge is -2.30. The number of likely N-dealkylation sites (tertiary alicyclic amines) is 1. The third-order valence-electron chi connectivity index (χ3n) is 7.52. The predicted molar refractivity (Wildman–Crippen MR) is 161 cm³/mol. The Hall–Kier alpha value is -4.47. The summed E-state index contributed by atoms with van der Waals surface area (Å²) in [7, 11) is 0. The SMILES string of the molecule is Cc1nc2nc(-c3ccc(CN4CCC(c5n[nH]c(-c6ccccn6)n5)CC4)cc3)c(-c3ccccc3)cn2n1.Cl. The summed E-state index contributed by atoms with van der Waals surface area (Å²) in [6.07, 6.45) is 5.88. The Bertz CT molecular complexity index is 1740. The first-order chi connectivity index (χ1) is 19.7. The van der Waals surface area contributed by atoms with Gasteiger partial charge in [0.05, 0.1) is 5.69 Å². The number of pyridine rings is 1. The van der Waals surface area contributed by atoms with Crippen molar-refractivity contribution in [2.75, 3.05) is 13.1 Å². The maximum Gasteiger partial charge on any atom is 0.252 e. The third-order valence-corrected chi connectivity index (χ3v) is 7.52. The molecule has 0 aliphatic carbocycles. The Morgan fingerprint density at radius 3 is 2.39 bits per heavy atom. The van der Waals surface area contributed by atoms with Crippen molar-refractivity contribution in [1.82, 2.24) is 44.6 Å². The number of nitrogens with one attached hydrogen (secondary N) is 1. The average Bonchev–Trinajstić information content (AvgIpc) is 3.64. The highest BCUT2D eigenvalue weighted by molar-refractivity contribution is 5.85. The second kappa shape index (κ2) is 11.6. The van der Waals surface area contributed by atoms with E-state index in [0.717, 1.165) is 72.2 Å². The molecule has 0 atom stereocenters. The monoisotopic (exact) mass is 563 g/mol. The molecule has 5 heterocycles. The zero-order valence-electron chi connectivity index (χ0n) is 22.7. The van der Waals surface area contributed by atoms with Gasteiger partial charge in [0, 0.05) is 36.0 Å². The number of hydrogen-bond donors (Lipinski definition) is 1. The molecule has 9 nitrogen and oxygen atoms in total. The first-order valence-corrected chi connectivity index (χ1v) is 13.6. The summed E-state index contributed by atoms with van der Waals surface area (Å²) in [4.78, 5) is 21.0. The largest absolute Gasteiger partial charge is 0.299 e. The molecule has 1 aliphatic rings. The number of hydrogen-bond acceptors (Lipinski definition) is 7. The van der Waals surface area contributed by atoms with Gasteiger partial charge in [0.2, 0.25) is 0 Å². The molecule has 206 valence electrons. The molecule has 1 N–H and O–H groups in total. The van der Waals surface area contributed by atoms with Crippen LogP contribution in [0, 0.1) is 6.92 Å². The number of piperidine rings is 1. The standard InChI is InChI=1S/C31H29N9.ClH/c1-21-33-31-34-28(26(20-40(31)38-21)23-7-3-2-4-8-23)24-12-10-22(11-13-24)19-39-17-14-25(15-18-39)29-35-30(37-36-29)27-9-5-6-16-32-27;/h2-13,16,20,25H,14-15,17-19H2,1H3,(H,35,36,37);1H. The second-order valence-electron chi connectivity index (χ2n) is 10.3. The van der Waals surface area contributed by atoms with Crippen molar-refractivity contribution in [2.24, 2.45) is 0 Å². The maximum atomic E-state index is 4.91. The van der Waals surface area contributed by atoms with Crippen LogP contribution >= 0.6 is 12.4 Å². The molecule has 41 heavy (non-hydrogen) atoms. The lowest BCUT2D eigenvalue weighted by Crippen LogP contribution is -2.32. The summed E-state index contributed by atoms with van der Waals surface area (Å²) >= 11 is 0. The minimum atomic E-state index is 0. The van der Waals surface area contributed by atoms with Crippen molar-refractivity contribution < 1.29 is 0 Å². The summed E-state index contributed by atoms with van der Waals surface area (Å²) in [5, 5.41) is 12.0. The van der Waals surface area contributed by atoms with Crippen LogP contribution in [-0.4, -0.2) is 57.7 Å². The van der Waals surface area contributed by atoms with Crippen LogP contribution in [0.2, 0.25) is 0 Å². The molecule has 1 aliphatic heterocycles. The van der Waals surface area contributed by atoms with Gasteiger partial charge in [-0.05, 0) is 56.1 Å². The van der Waals surface area contributed by atoms with E-state index >= 15 is 0 Å². The van der Waals surface area contributed by atoms with Crippen LogP contribution in [0.25, 0.3) is 39.7 Å². The predicted octanol–water partition coefficient (Wildman–Crippen LogP) is 5.75. The molecule has 0 spiro atoms. The molecule has 4 aromatic heterocycles. The Labute approximate surface area is 244 Å². The number of aromatic nitrogens is 8. The maximum absolute atomic E-state index is 4.91. The van der Waals surface area contributed by atoms with E-state index in [1.807, 2.05) is 49.5 Å². The number of H-pyrrole nitrogens is 1. The van der Waals surface area contributed by atoms with Gasteiger partial charge in [0.15, 0.2) is 11.6 Å². The zero-order valence-corrected chi connectivity index (χ0v) is 23.5. The van der Waals surface area contributed by atoms with Gasteiger partial charge in [-0.15, -0.1) is 12.4 Å². The van der Waals surface area contributed by atoms with Gasteiger partial charge in [-0.3, -0.25) is 15.0 Å². The van der Waals surface area contributed by atoms with Gasteiger partial charge in [-0.25, -0.2) is 14.5 Å². The fraction of sp³-hybridized carbons (Fsp3) is 0.226. The van der Waals surface area contributed by atoms with Crippen LogP contribution in [0.5, 0.6) is 0 Å². The summed E-state index contributed by atoms with van der Waals surface area (Å²) < 4.78 is 1.76. The Balaban J connectivity index is 0.00000302. The Morgan fingerprint density at radius 1 is 0.854 bits per heavy atom. The minimum Gasteiger partial charge on any atom is -0.299 e. The summed E-state index contributed by atoms with van der Waals surface area (Å²) in [6.45, 7) is 4.84. The smallest absolute Gasteiger partial charge is 0.252 e. The van der Waals surface area contributed by atoms with Gasteiger partial charge in [0.1, 0.15) is 11.5 Å². The van der Waals surface area contributed by atoms with Gasteiger partial charge >= 0.3 is 0 Å². The van der Waals surface area contributed by atoms with Crippen LogP contribution in [0.3, 0.4) is 0 Å². The van der Waals surface area contributed by atoms with E-state index < -0.39 is 0 Å². The van der Waals surface area contributed by atoms with Crippen molar-refractivity contribution in [1.29, 1.82) is 0 Å². The number of halogens is 1. The van der Waals surface area contributed by atoms with Crippen molar-refractivity contribution >= 4 is 18.2 Å². The number of aryl methyl sites for hydroxylation is 1. The zero-order chi connectivity index (χ0) is 26.9. The molecule has 0 amide bonds. The van der Waals surface area contributed by atoms with Crippen LogP contribution < -0.4 is 0 Å². The molecule has 0 saturated carbocycles. The number of benzene rings is 2. The van der Waals surface area contributed by atoms with E-state index in [4.69, 9.17) is 9.97 Å². The van der Waals surface area contributed by atoms with E-state index in [9.17, 15) is 0 Å². The highest BCUT2D eigenvalue weighted by atomic mass is 35.5. The second-order valence-corrected chi connectivity index (χ2v) is 10.3. The first-order valence-electron chi connectivity index (χ1n) is 13.6. The molecule has 6 aromatic rings. The molecule has 0 bridgehead atoms. The van der Waals surface area contributed by atoms with Crippen LogP contribution in [0.4, 0.5) is 0 Å². The van der Waals surface area contributed by atoms with Crippen LogP contribution in [0.15, 0.2) is 85.2 Å². The highest BCUT2D eigenvalue weighted by Crippen LogP contribution is 2.32. The lowest BCUT2D eigenvalue weighted by atomic mass is 9.95. The van der Waals surface area contributed by atoms with E-state index in [1.54, 1.807) is 10.7 Å². The number of rotatable bonds is 6. The Morgan fingerprint density at radius 2 is 1.63 bits per heavy atom. The fourth-order valence-electron chi connectivity index (χ4n) is 5.42. The third kappa shape index (κ3) is 5.59. The molecule has 2 aromatic carbocycles. The lowest BCUT2D eigenvalue weighted by molar-refractivity contribution is 0.202. The quantitative estimate of drug-likeness (QED) is 0.275. The highest BCUT2D eigenvalue weighted by Gasteiger charge is 2.24. The van der Waals surface area contributed by atoms with Gasteiger partial charge in [-0.2, -0.15) is 15.2 Å². The van der Waals surface area contributed by atoms with Crippen molar-refractivity contribution in [3.63, 3.8) is 0 Å². The number of fused-ring (bicyclic) bond motifs is 1. The summed E-state index contributed by atoms with van der Waals surface area (Å²) in [5.41, 5.74) is 6.23. The van der Waals surface area contributed by atoms with Gasteiger partial charge in [0.25, 0.3) is 5.78 Å². The molecule has 7 rings (SSSR count). The van der Waals surface area contributed by atoms with Crippen molar-refractivity contribution in [2.45, 2.75) is 32.2 Å². The van der Waals surface area contributed by atoms with Crippen molar-refractivity contribution in [3.05, 3.63) is 102 Å². The van der Waals surface area contributed by atoms with E-state index in [2.05, 4.69) is 66.6 Å². The van der Waals surface area contributed by atoms with E-state index in [-0.39, 0.29) is 12.4 Å². The summed E-state index contributed by atoms with van der Waals surface area (Å²) in [5.74, 6) is 3.32. The van der Waals surface area contributed by atoms with E-state index in [0.29, 0.717) is 17.5 Å². The van der Waals surface area contributed by atoms with Crippen LogP contribution in [0.1, 0.15) is 36.0 Å².